The lowest BCUT2D eigenvalue weighted by Gasteiger charge is -2.22. The molecule has 0 atom stereocenters. The molecule has 6 heteroatoms. The van der Waals surface area contributed by atoms with Gasteiger partial charge in [-0.2, -0.15) is 5.10 Å². The van der Waals surface area contributed by atoms with E-state index in [4.69, 9.17) is 10.9 Å². The van der Waals surface area contributed by atoms with Gasteiger partial charge in [-0.3, -0.25) is 4.68 Å². The van der Waals surface area contributed by atoms with Crippen molar-refractivity contribution in [2.24, 2.45) is 16.3 Å². The number of hydrogen-bond acceptors (Lipinski definition) is 4. The van der Waals surface area contributed by atoms with Crippen molar-refractivity contribution < 1.29 is 5.21 Å². The van der Waals surface area contributed by atoms with E-state index in [0.717, 1.165) is 32.5 Å². The predicted molar refractivity (Wildman–Crippen MR) is 71.5 cm³/mol. The van der Waals surface area contributed by atoms with Crippen molar-refractivity contribution in [1.29, 1.82) is 0 Å². The van der Waals surface area contributed by atoms with Gasteiger partial charge in [0.05, 0.1) is 0 Å². The molecule has 0 radical (unpaired) electrons. The molecule has 0 bridgehead atoms. The van der Waals surface area contributed by atoms with Crippen LogP contribution < -0.4 is 11.1 Å². The van der Waals surface area contributed by atoms with Crippen molar-refractivity contribution in [3.8, 4) is 0 Å². The van der Waals surface area contributed by atoms with E-state index in [1.165, 1.54) is 0 Å². The summed E-state index contributed by atoms with van der Waals surface area (Å²) in [4.78, 5) is 0. The molecule has 18 heavy (non-hydrogen) atoms. The lowest BCUT2D eigenvalue weighted by Crippen LogP contribution is -2.35. The highest BCUT2D eigenvalue weighted by molar-refractivity contribution is 5.85. The normalized spacial score (nSPS) is 12.9. The highest BCUT2D eigenvalue weighted by Crippen LogP contribution is 2.19. The molecule has 6 nitrogen and oxygen atoms in total. The SMILES string of the molecule is CC(C)(CCNCCCn1cccn1)/C(N)=N/O. The van der Waals surface area contributed by atoms with Gasteiger partial charge in [-0.15, -0.1) is 0 Å². The number of nitrogens with zero attached hydrogens (tertiary/aromatic N) is 3. The maximum absolute atomic E-state index is 8.65. The van der Waals surface area contributed by atoms with Crippen molar-refractivity contribution in [3.63, 3.8) is 0 Å². The summed E-state index contributed by atoms with van der Waals surface area (Å²) in [5, 5.41) is 19.2. The maximum Gasteiger partial charge on any atom is 0.144 e. The average Bonchev–Trinajstić information content (AvgIpc) is 2.85. The minimum Gasteiger partial charge on any atom is -0.409 e. The van der Waals surface area contributed by atoms with Crippen molar-refractivity contribution in [2.75, 3.05) is 13.1 Å². The molecule has 1 heterocycles. The van der Waals surface area contributed by atoms with Crippen LogP contribution in [0, 0.1) is 5.41 Å². The third kappa shape index (κ3) is 4.75. The van der Waals surface area contributed by atoms with E-state index in [0.29, 0.717) is 0 Å². The number of nitrogens with one attached hydrogen (secondary N) is 1. The summed E-state index contributed by atoms with van der Waals surface area (Å²) < 4.78 is 1.92. The Labute approximate surface area is 108 Å². The second-order valence-corrected chi connectivity index (χ2v) is 4.99. The second kappa shape index (κ2) is 7.00. The number of amidine groups is 1. The maximum atomic E-state index is 8.65. The van der Waals surface area contributed by atoms with Gasteiger partial charge in [0.1, 0.15) is 5.84 Å². The number of aryl methyl sites for hydroxylation is 1. The molecule has 1 rings (SSSR count). The third-order valence-electron chi connectivity index (χ3n) is 3.03. The van der Waals surface area contributed by atoms with E-state index in [9.17, 15) is 0 Å². The van der Waals surface area contributed by atoms with Crippen LogP contribution in [0.1, 0.15) is 26.7 Å². The highest BCUT2D eigenvalue weighted by Gasteiger charge is 2.22. The molecule has 0 spiro atoms. The monoisotopic (exact) mass is 253 g/mol. The fraction of sp³-hybridized carbons (Fsp3) is 0.667. The van der Waals surface area contributed by atoms with Gasteiger partial charge in [-0.1, -0.05) is 19.0 Å². The van der Waals surface area contributed by atoms with Crippen molar-refractivity contribution in [3.05, 3.63) is 18.5 Å². The van der Waals surface area contributed by atoms with Crippen LogP contribution in [-0.4, -0.2) is 33.9 Å². The summed E-state index contributed by atoms with van der Waals surface area (Å²) in [5.74, 6) is 0.279. The molecule has 0 aliphatic heterocycles. The van der Waals surface area contributed by atoms with E-state index in [1.807, 2.05) is 30.8 Å². The summed E-state index contributed by atoms with van der Waals surface area (Å²) in [7, 11) is 0. The molecule has 0 fully saturated rings. The summed E-state index contributed by atoms with van der Waals surface area (Å²) in [6.45, 7) is 6.64. The van der Waals surface area contributed by atoms with Gasteiger partial charge >= 0.3 is 0 Å². The van der Waals surface area contributed by atoms with Crippen LogP contribution in [0.15, 0.2) is 23.6 Å². The molecule has 1 aromatic heterocycles. The van der Waals surface area contributed by atoms with Crippen LogP contribution in [0.2, 0.25) is 0 Å². The zero-order chi connectivity index (χ0) is 13.4. The lowest BCUT2D eigenvalue weighted by molar-refractivity contribution is 0.305. The first kappa shape index (κ1) is 14.5. The molecule has 0 amide bonds. The largest absolute Gasteiger partial charge is 0.409 e. The molecule has 0 aliphatic rings. The van der Waals surface area contributed by atoms with Crippen molar-refractivity contribution in [1.82, 2.24) is 15.1 Å². The Balaban J connectivity index is 2.08. The fourth-order valence-corrected chi connectivity index (χ4v) is 1.59. The molecule has 0 saturated carbocycles. The molecular formula is C12H23N5O. The van der Waals surface area contributed by atoms with Crippen LogP contribution in [0.5, 0.6) is 0 Å². The van der Waals surface area contributed by atoms with Crippen molar-refractivity contribution in [2.45, 2.75) is 33.2 Å². The van der Waals surface area contributed by atoms with Gasteiger partial charge in [0, 0.05) is 24.4 Å². The Bertz CT molecular complexity index is 359. The molecule has 1 aromatic rings. The zero-order valence-electron chi connectivity index (χ0n) is 11.1. The van der Waals surface area contributed by atoms with Crippen LogP contribution in [0.3, 0.4) is 0 Å². The Kier molecular flexibility index (Phi) is 5.64. The lowest BCUT2D eigenvalue weighted by atomic mass is 9.88. The van der Waals surface area contributed by atoms with Gasteiger partial charge in [0.2, 0.25) is 0 Å². The van der Waals surface area contributed by atoms with E-state index in [2.05, 4.69) is 15.6 Å². The Morgan fingerprint density at radius 2 is 2.28 bits per heavy atom. The van der Waals surface area contributed by atoms with E-state index in [-0.39, 0.29) is 11.3 Å². The zero-order valence-corrected chi connectivity index (χ0v) is 11.1. The standard InChI is InChI=1S/C12H23N5O/c1-12(2,11(13)16-18)5-8-14-6-3-9-17-10-4-7-15-17/h4,7,10,14,18H,3,5-6,8-9H2,1-2H3,(H2,13,16). The fourth-order valence-electron chi connectivity index (χ4n) is 1.59. The summed E-state index contributed by atoms with van der Waals surface area (Å²) >= 11 is 0. The second-order valence-electron chi connectivity index (χ2n) is 4.99. The topological polar surface area (TPSA) is 88.5 Å². The summed E-state index contributed by atoms with van der Waals surface area (Å²) in [5.41, 5.74) is 5.34. The van der Waals surface area contributed by atoms with E-state index in [1.54, 1.807) is 6.20 Å². The number of nitrogens with two attached hydrogens (primary N) is 1. The van der Waals surface area contributed by atoms with Gasteiger partial charge in [-0.25, -0.2) is 0 Å². The first-order chi connectivity index (χ1) is 8.56. The predicted octanol–water partition coefficient (Wildman–Crippen LogP) is 1.03. The van der Waals surface area contributed by atoms with Crippen molar-refractivity contribution >= 4 is 5.84 Å². The van der Waals surface area contributed by atoms with Crippen LogP contribution in [0.25, 0.3) is 0 Å². The Hall–Kier alpha value is -1.56. The van der Waals surface area contributed by atoms with E-state index >= 15 is 0 Å². The number of hydrogen-bond donors (Lipinski definition) is 3. The minimum absolute atomic E-state index is 0.274. The Morgan fingerprint density at radius 1 is 1.50 bits per heavy atom. The number of rotatable bonds is 8. The van der Waals surface area contributed by atoms with Gasteiger partial charge < -0.3 is 16.3 Å². The minimum atomic E-state index is -0.274. The summed E-state index contributed by atoms with van der Waals surface area (Å²) in [6.07, 6.45) is 5.62. The van der Waals surface area contributed by atoms with Gasteiger partial charge in [-0.05, 0) is 32.0 Å². The third-order valence-corrected chi connectivity index (χ3v) is 3.03. The van der Waals surface area contributed by atoms with Crippen LogP contribution in [0.4, 0.5) is 0 Å². The first-order valence-electron chi connectivity index (χ1n) is 6.22. The van der Waals surface area contributed by atoms with Crippen LogP contribution in [-0.2, 0) is 6.54 Å². The quantitative estimate of drug-likeness (QED) is 0.212. The van der Waals surface area contributed by atoms with Gasteiger partial charge in [0.15, 0.2) is 0 Å². The first-order valence-corrected chi connectivity index (χ1v) is 6.22. The van der Waals surface area contributed by atoms with E-state index < -0.39 is 0 Å². The van der Waals surface area contributed by atoms with Gasteiger partial charge in [0.25, 0.3) is 0 Å². The summed E-state index contributed by atoms with van der Waals surface area (Å²) in [6, 6.07) is 1.92. The van der Waals surface area contributed by atoms with Crippen LogP contribution >= 0.6 is 0 Å². The number of aromatic nitrogens is 2. The molecule has 0 saturated heterocycles. The highest BCUT2D eigenvalue weighted by atomic mass is 16.4. The molecule has 0 aromatic carbocycles. The number of oxime groups is 1. The average molecular weight is 253 g/mol. The Morgan fingerprint density at radius 3 is 2.89 bits per heavy atom. The molecular weight excluding hydrogens is 230 g/mol. The molecule has 102 valence electrons. The molecule has 0 unspecified atom stereocenters. The molecule has 0 aliphatic carbocycles. The smallest absolute Gasteiger partial charge is 0.144 e. The molecule has 4 N–H and O–H groups in total.